The number of aryl methyl sites for hydroxylation is 3. The second-order valence-electron chi connectivity index (χ2n) is 6.65. The van der Waals surface area contributed by atoms with E-state index in [1.54, 1.807) is 19.4 Å². The van der Waals surface area contributed by atoms with Crippen molar-refractivity contribution in [2.75, 3.05) is 5.32 Å². The van der Waals surface area contributed by atoms with Gasteiger partial charge in [0.25, 0.3) is 0 Å². The maximum atomic E-state index is 13.1. The zero-order valence-electron chi connectivity index (χ0n) is 15.6. The Bertz CT molecular complexity index is 1270. The molecule has 3 heterocycles. The fraction of sp³-hybridized carbons (Fsp3) is 0.200. The van der Waals surface area contributed by atoms with Crippen molar-refractivity contribution in [1.82, 2.24) is 24.1 Å². The fourth-order valence-electron chi connectivity index (χ4n) is 3.15. The van der Waals surface area contributed by atoms with E-state index >= 15 is 0 Å². The lowest BCUT2D eigenvalue weighted by molar-refractivity contribution is 0.546. The molecule has 4 rings (SSSR count). The molecule has 0 unspecified atom stereocenters. The van der Waals surface area contributed by atoms with Crippen molar-refractivity contribution >= 4 is 33.7 Å². The Morgan fingerprint density at radius 2 is 2.14 bits per heavy atom. The number of hydrogen-bond donors (Lipinski definition) is 1. The van der Waals surface area contributed by atoms with E-state index in [2.05, 4.69) is 26.8 Å². The number of imidazole rings is 1. The minimum atomic E-state index is -0.475. The molecule has 0 saturated heterocycles. The second-order valence-corrected chi connectivity index (χ2v) is 6.65. The minimum Gasteiger partial charge on any atom is -0.324 e. The minimum absolute atomic E-state index is 0.0581. The number of hydrogen-bond acceptors (Lipinski definition) is 5. The summed E-state index contributed by atoms with van der Waals surface area (Å²) in [5.74, 6) is -0.117. The molecule has 0 saturated carbocycles. The summed E-state index contributed by atoms with van der Waals surface area (Å²) in [6.45, 7) is 5.40. The predicted molar refractivity (Wildman–Crippen MR) is 107 cm³/mol. The first kappa shape index (κ1) is 17.8. The lowest BCUT2D eigenvalue weighted by Crippen LogP contribution is -2.22. The summed E-state index contributed by atoms with van der Waals surface area (Å²) in [6.07, 6.45) is 3.40. The molecular weight excluding hydrogens is 359 g/mol. The third-order valence-electron chi connectivity index (χ3n) is 4.69. The molecule has 1 aromatic carbocycles. The summed E-state index contributed by atoms with van der Waals surface area (Å²) in [4.78, 5) is 25.6. The molecule has 0 amide bonds. The molecule has 4 aromatic rings. The van der Waals surface area contributed by atoms with Crippen LogP contribution in [0.1, 0.15) is 12.0 Å². The van der Waals surface area contributed by atoms with Gasteiger partial charge in [-0.15, -0.1) is 0 Å². The zero-order valence-corrected chi connectivity index (χ0v) is 15.6. The van der Waals surface area contributed by atoms with Gasteiger partial charge in [-0.1, -0.05) is 12.6 Å². The fourth-order valence-corrected chi connectivity index (χ4v) is 3.15. The molecule has 0 fully saturated rings. The summed E-state index contributed by atoms with van der Waals surface area (Å²) in [7, 11) is 1.64. The van der Waals surface area contributed by atoms with E-state index in [4.69, 9.17) is 0 Å². The number of benzene rings is 1. The summed E-state index contributed by atoms with van der Waals surface area (Å²) < 4.78 is 16.0. The highest BCUT2D eigenvalue weighted by molar-refractivity contribution is 5.85. The largest absolute Gasteiger partial charge is 0.330 e. The third-order valence-corrected chi connectivity index (χ3v) is 4.69. The molecule has 0 bridgehead atoms. The molecule has 3 aromatic heterocycles. The lowest BCUT2D eigenvalue weighted by atomic mass is 10.1. The first-order valence-corrected chi connectivity index (χ1v) is 8.82. The highest BCUT2D eigenvalue weighted by atomic mass is 19.1. The number of pyridine rings is 1. The van der Waals surface area contributed by atoms with Crippen LogP contribution in [0.2, 0.25) is 0 Å². The van der Waals surface area contributed by atoms with Crippen molar-refractivity contribution in [3.63, 3.8) is 0 Å². The Kier molecular flexibility index (Phi) is 4.38. The number of nitrogens with one attached hydrogen (secondary N) is 1. The normalized spacial score (nSPS) is 11.2. The molecule has 1 N–H and O–H groups in total. The van der Waals surface area contributed by atoms with E-state index < -0.39 is 5.83 Å². The number of nitrogens with zero attached hydrogens (tertiary/aromatic N) is 5. The summed E-state index contributed by atoms with van der Waals surface area (Å²) >= 11 is 0. The molecule has 28 heavy (non-hydrogen) atoms. The molecule has 0 radical (unpaired) electrons. The topological polar surface area (TPSA) is 77.6 Å². The van der Waals surface area contributed by atoms with Crippen LogP contribution in [0.4, 0.5) is 16.0 Å². The Balaban J connectivity index is 1.75. The van der Waals surface area contributed by atoms with Gasteiger partial charge in [-0.05, 0) is 30.7 Å². The van der Waals surface area contributed by atoms with Gasteiger partial charge < -0.3 is 5.32 Å². The Hall–Kier alpha value is -3.55. The van der Waals surface area contributed by atoms with Crippen LogP contribution in [0.3, 0.4) is 0 Å². The van der Waals surface area contributed by atoms with Gasteiger partial charge >= 0.3 is 5.69 Å². The van der Waals surface area contributed by atoms with Gasteiger partial charge in [-0.2, -0.15) is 4.98 Å². The van der Waals surface area contributed by atoms with Crippen LogP contribution >= 0.6 is 0 Å². The van der Waals surface area contributed by atoms with Crippen LogP contribution in [-0.4, -0.2) is 24.1 Å². The monoisotopic (exact) mass is 378 g/mol. The molecular formula is C20H19FN6O. The zero-order chi connectivity index (χ0) is 19.8. The van der Waals surface area contributed by atoms with Crippen LogP contribution in [0.5, 0.6) is 0 Å². The van der Waals surface area contributed by atoms with E-state index in [1.807, 2.05) is 31.2 Å². The SMILES string of the molecule is C=C(F)CCn1c(=O)n(C)c2cnc(Nc3cc4cccnc4cc3C)nc21. The second kappa shape index (κ2) is 6.88. The molecule has 142 valence electrons. The first-order valence-electron chi connectivity index (χ1n) is 8.82. The van der Waals surface area contributed by atoms with Crippen LogP contribution < -0.4 is 11.0 Å². The van der Waals surface area contributed by atoms with Crippen molar-refractivity contribution < 1.29 is 4.39 Å². The standard InChI is InChI=1S/C20H19FN6O/c1-12-9-16-14(5-4-7-22-16)10-15(12)24-19-23-11-17-18(25-19)27(8-6-13(2)21)20(28)26(17)3/h4-5,7,9-11H,2,6,8H2,1,3H3,(H,23,24,25). The molecule has 0 aliphatic heterocycles. The van der Waals surface area contributed by atoms with E-state index in [0.29, 0.717) is 17.1 Å². The highest BCUT2D eigenvalue weighted by Crippen LogP contribution is 2.24. The van der Waals surface area contributed by atoms with Gasteiger partial charge in [0.05, 0.1) is 17.5 Å². The van der Waals surface area contributed by atoms with Gasteiger partial charge in [-0.25, -0.2) is 14.2 Å². The number of allylic oxidation sites excluding steroid dienone is 1. The van der Waals surface area contributed by atoms with Crippen molar-refractivity contribution in [2.45, 2.75) is 19.9 Å². The average Bonchev–Trinajstić information content (AvgIpc) is 2.90. The molecule has 0 aliphatic carbocycles. The van der Waals surface area contributed by atoms with Crippen molar-refractivity contribution in [1.29, 1.82) is 0 Å². The number of fused-ring (bicyclic) bond motifs is 2. The Labute approximate surface area is 160 Å². The number of aromatic nitrogens is 5. The van der Waals surface area contributed by atoms with Crippen molar-refractivity contribution in [3.05, 3.63) is 65.1 Å². The van der Waals surface area contributed by atoms with Gasteiger partial charge in [-0.3, -0.25) is 14.1 Å². The molecule has 8 heteroatoms. The van der Waals surface area contributed by atoms with Crippen LogP contribution in [-0.2, 0) is 13.6 Å². The Morgan fingerprint density at radius 3 is 2.93 bits per heavy atom. The molecule has 0 aliphatic rings. The van der Waals surface area contributed by atoms with Crippen LogP contribution in [0.25, 0.3) is 22.1 Å². The number of halogens is 1. The van der Waals surface area contributed by atoms with Crippen LogP contribution in [0.15, 0.2) is 53.9 Å². The lowest BCUT2D eigenvalue weighted by Gasteiger charge is -2.10. The quantitative estimate of drug-likeness (QED) is 0.574. The van der Waals surface area contributed by atoms with Gasteiger partial charge in [0.2, 0.25) is 5.95 Å². The first-order chi connectivity index (χ1) is 13.4. The van der Waals surface area contributed by atoms with E-state index in [1.165, 1.54) is 9.13 Å². The predicted octanol–water partition coefficient (Wildman–Crippen LogP) is 3.60. The maximum absolute atomic E-state index is 13.1. The number of rotatable bonds is 5. The van der Waals surface area contributed by atoms with Gasteiger partial charge in [0, 0.05) is 37.3 Å². The van der Waals surface area contributed by atoms with Gasteiger partial charge in [0.15, 0.2) is 5.65 Å². The smallest absolute Gasteiger partial charge is 0.324 e. The molecule has 0 atom stereocenters. The van der Waals surface area contributed by atoms with E-state index in [-0.39, 0.29) is 18.7 Å². The number of anilines is 2. The van der Waals surface area contributed by atoms with Crippen molar-refractivity contribution in [3.8, 4) is 0 Å². The maximum Gasteiger partial charge on any atom is 0.330 e. The summed E-state index contributed by atoms with van der Waals surface area (Å²) in [5.41, 5.74) is 3.52. The summed E-state index contributed by atoms with van der Waals surface area (Å²) in [5, 5.41) is 4.21. The molecule has 7 nitrogen and oxygen atoms in total. The molecule has 0 spiro atoms. The average molecular weight is 378 g/mol. The van der Waals surface area contributed by atoms with E-state index in [9.17, 15) is 9.18 Å². The summed E-state index contributed by atoms with van der Waals surface area (Å²) in [6, 6.07) is 7.83. The highest BCUT2D eigenvalue weighted by Gasteiger charge is 2.14. The Morgan fingerprint density at radius 1 is 1.32 bits per heavy atom. The van der Waals surface area contributed by atoms with Crippen LogP contribution in [0, 0.1) is 6.92 Å². The third kappa shape index (κ3) is 3.13. The van der Waals surface area contributed by atoms with Gasteiger partial charge in [0.1, 0.15) is 5.52 Å². The van der Waals surface area contributed by atoms with Crippen molar-refractivity contribution in [2.24, 2.45) is 7.05 Å². The van der Waals surface area contributed by atoms with E-state index in [0.717, 1.165) is 22.2 Å².